The summed E-state index contributed by atoms with van der Waals surface area (Å²) in [6.45, 7) is 4.39. The molecule has 0 amide bonds. The lowest BCUT2D eigenvalue weighted by atomic mass is 9.96. The molecule has 14 heavy (non-hydrogen) atoms. The van der Waals surface area contributed by atoms with Crippen LogP contribution < -0.4 is 0 Å². The molecule has 2 rings (SSSR count). The van der Waals surface area contributed by atoms with Crippen molar-refractivity contribution in [1.29, 1.82) is 0 Å². The molecule has 3 heteroatoms. The van der Waals surface area contributed by atoms with E-state index in [2.05, 4.69) is 41.6 Å². The van der Waals surface area contributed by atoms with Gasteiger partial charge >= 0.3 is 0 Å². The first-order chi connectivity index (χ1) is 6.79. The van der Waals surface area contributed by atoms with E-state index in [4.69, 9.17) is 0 Å². The third-order valence-electron chi connectivity index (χ3n) is 2.22. The largest absolute Gasteiger partial charge is 0.138 e. The number of benzene rings is 1. The van der Waals surface area contributed by atoms with Crippen LogP contribution in [0.1, 0.15) is 25.3 Å². The number of nitrogens with zero attached hydrogens (tertiary/aromatic N) is 2. The minimum Gasteiger partial charge on any atom is -0.138 e. The Morgan fingerprint density at radius 1 is 1.21 bits per heavy atom. The molecular formula is C11H12N2S. The number of aromatic nitrogens is 2. The molecule has 0 aliphatic rings. The fourth-order valence-electron chi connectivity index (χ4n) is 1.52. The molecule has 1 aromatic heterocycles. The van der Waals surface area contributed by atoms with Crippen molar-refractivity contribution < 1.29 is 0 Å². The van der Waals surface area contributed by atoms with Gasteiger partial charge in [-0.1, -0.05) is 42.6 Å². The molecule has 0 bridgehead atoms. The van der Waals surface area contributed by atoms with Crippen molar-refractivity contribution in [3.05, 3.63) is 35.2 Å². The molecule has 1 aromatic carbocycles. The first-order valence-electron chi connectivity index (χ1n) is 4.65. The summed E-state index contributed by atoms with van der Waals surface area (Å²) in [4.78, 5) is 0. The van der Waals surface area contributed by atoms with Crippen molar-refractivity contribution in [2.24, 2.45) is 0 Å². The SMILES string of the molecule is CC(C)c1ccccc1-c1csnn1. The van der Waals surface area contributed by atoms with Gasteiger partial charge in [0, 0.05) is 10.9 Å². The van der Waals surface area contributed by atoms with Gasteiger partial charge in [0.1, 0.15) is 5.69 Å². The highest BCUT2D eigenvalue weighted by Crippen LogP contribution is 2.27. The van der Waals surface area contributed by atoms with Crippen LogP contribution in [0.4, 0.5) is 0 Å². The number of rotatable bonds is 2. The van der Waals surface area contributed by atoms with Gasteiger partial charge < -0.3 is 0 Å². The van der Waals surface area contributed by atoms with E-state index in [1.165, 1.54) is 22.7 Å². The molecular weight excluding hydrogens is 192 g/mol. The quantitative estimate of drug-likeness (QED) is 0.750. The van der Waals surface area contributed by atoms with Gasteiger partial charge in [-0.15, -0.1) is 5.10 Å². The van der Waals surface area contributed by atoms with Gasteiger partial charge in [0.2, 0.25) is 0 Å². The van der Waals surface area contributed by atoms with Gasteiger partial charge in [-0.05, 0) is 23.0 Å². The molecule has 2 aromatic rings. The maximum Gasteiger partial charge on any atom is 0.106 e. The maximum absolute atomic E-state index is 4.10. The number of hydrogen-bond acceptors (Lipinski definition) is 3. The van der Waals surface area contributed by atoms with Gasteiger partial charge in [0.15, 0.2) is 0 Å². The summed E-state index contributed by atoms with van der Waals surface area (Å²) in [5.74, 6) is 0.521. The predicted molar refractivity (Wildman–Crippen MR) is 59.4 cm³/mol. The summed E-state index contributed by atoms with van der Waals surface area (Å²) >= 11 is 1.39. The first kappa shape index (κ1) is 9.34. The Labute approximate surface area is 87.8 Å². The molecule has 0 spiro atoms. The zero-order valence-corrected chi connectivity index (χ0v) is 9.08. The Hall–Kier alpha value is -1.22. The van der Waals surface area contributed by atoms with Crippen LogP contribution >= 0.6 is 11.5 Å². The fourth-order valence-corrected chi connectivity index (χ4v) is 1.97. The Bertz CT molecular complexity index is 407. The summed E-state index contributed by atoms with van der Waals surface area (Å²) < 4.78 is 3.89. The van der Waals surface area contributed by atoms with Crippen molar-refractivity contribution in [2.45, 2.75) is 19.8 Å². The number of hydrogen-bond donors (Lipinski definition) is 0. The third-order valence-corrected chi connectivity index (χ3v) is 2.72. The average Bonchev–Trinajstić information content (AvgIpc) is 2.70. The van der Waals surface area contributed by atoms with Crippen molar-refractivity contribution in [1.82, 2.24) is 9.59 Å². The monoisotopic (exact) mass is 204 g/mol. The smallest absolute Gasteiger partial charge is 0.106 e. The van der Waals surface area contributed by atoms with Crippen molar-refractivity contribution in [3.8, 4) is 11.3 Å². The van der Waals surface area contributed by atoms with Gasteiger partial charge in [-0.2, -0.15) is 0 Å². The molecule has 0 N–H and O–H groups in total. The van der Waals surface area contributed by atoms with E-state index in [0.29, 0.717) is 5.92 Å². The molecule has 0 aliphatic carbocycles. The second kappa shape index (κ2) is 3.88. The molecule has 0 unspecified atom stereocenters. The Morgan fingerprint density at radius 2 is 2.00 bits per heavy atom. The highest BCUT2D eigenvalue weighted by atomic mass is 32.1. The van der Waals surface area contributed by atoms with Gasteiger partial charge in [0.05, 0.1) is 0 Å². The van der Waals surface area contributed by atoms with E-state index < -0.39 is 0 Å². The normalized spacial score (nSPS) is 10.8. The molecule has 0 atom stereocenters. The van der Waals surface area contributed by atoms with Crippen molar-refractivity contribution >= 4 is 11.5 Å². The molecule has 2 nitrogen and oxygen atoms in total. The van der Waals surface area contributed by atoms with Gasteiger partial charge in [0.25, 0.3) is 0 Å². The van der Waals surface area contributed by atoms with Crippen LogP contribution in [0.25, 0.3) is 11.3 Å². The minimum atomic E-state index is 0.521. The van der Waals surface area contributed by atoms with Crippen LogP contribution in [-0.4, -0.2) is 9.59 Å². The van der Waals surface area contributed by atoms with Gasteiger partial charge in [-0.3, -0.25) is 0 Å². The van der Waals surface area contributed by atoms with Gasteiger partial charge in [-0.25, -0.2) is 0 Å². The zero-order valence-electron chi connectivity index (χ0n) is 8.27. The second-order valence-corrected chi connectivity index (χ2v) is 4.14. The van der Waals surface area contributed by atoms with Crippen molar-refractivity contribution in [2.75, 3.05) is 0 Å². The van der Waals surface area contributed by atoms with Crippen molar-refractivity contribution in [3.63, 3.8) is 0 Å². The lowest BCUT2D eigenvalue weighted by Crippen LogP contribution is -1.91. The minimum absolute atomic E-state index is 0.521. The lowest BCUT2D eigenvalue weighted by molar-refractivity contribution is 0.867. The fraction of sp³-hybridized carbons (Fsp3) is 0.273. The van der Waals surface area contributed by atoms with Crippen LogP contribution in [-0.2, 0) is 0 Å². The topological polar surface area (TPSA) is 25.8 Å². The molecule has 0 radical (unpaired) electrons. The molecule has 72 valence electrons. The third kappa shape index (κ3) is 1.68. The summed E-state index contributed by atoms with van der Waals surface area (Å²) in [6, 6.07) is 8.37. The molecule has 1 heterocycles. The summed E-state index contributed by atoms with van der Waals surface area (Å²) in [5, 5.41) is 6.09. The standard InChI is InChI=1S/C11H12N2S/c1-8(2)9-5-3-4-6-10(9)11-7-14-13-12-11/h3-8H,1-2H3. The summed E-state index contributed by atoms with van der Waals surface area (Å²) in [6.07, 6.45) is 0. The zero-order chi connectivity index (χ0) is 9.97. The summed E-state index contributed by atoms with van der Waals surface area (Å²) in [5.41, 5.74) is 3.52. The highest BCUT2D eigenvalue weighted by molar-refractivity contribution is 7.03. The second-order valence-electron chi connectivity index (χ2n) is 3.53. The Balaban J connectivity index is 2.53. The molecule has 0 fully saturated rings. The van der Waals surface area contributed by atoms with E-state index in [0.717, 1.165) is 5.69 Å². The van der Waals surface area contributed by atoms with E-state index >= 15 is 0 Å². The van der Waals surface area contributed by atoms with Crippen LogP contribution in [0.3, 0.4) is 0 Å². The Morgan fingerprint density at radius 3 is 2.64 bits per heavy atom. The van der Waals surface area contributed by atoms with Crippen LogP contribution in [0.5, 0.6) is 0 Å². The molecule has 0 saturated heterocycles. The van der Waals surface area contributed by atoms with E-state index in [9.17, 15) is 0 Å². The van der Waals surface area contributed by atoms with E-state index in [-0.39, 0.29) is 0 Å². The average molecular weight is 204 g/mol. The Kier molecular flexibility index (Phi) is 2.59. The molecule has 0 aliphatic heterocycles. The van der Waals surface area contributed by atoms with Crippen LogP contribution in [0.15, 0.2) is 29.6 Å². The van der Waals surface area contributed by atoms with Crippen LogP contribution in [0, 0.1) is 0 Å². The highest BCUT2D eigenvalue weighted by Gasteiger charge is 2.09. The lowest BCUT2D eigenvalue weighted by Gasteiger charge is -2.09. The maximum atomic E-state index is 4.10. The van der Waals surface area contributed by atoms with Crippen LogP contribution in [0.2, 0.25) is 0 Å². The summed E-state index contributed by atoms with van der Waals surface area (Å²) in [7, 11) is 0. The van der Waals surface area contributed by atoms with E-state index in [1.54, 1.807) is 0 Å². The molecule has 0 saturated carbocycles. The van der Waals surface area contributed by atoms with E-state index in [1.807, 2.05) is 11.4 Å². The predicted octanol–water partition coefficient (Wildman–Crippen LogP) is 3.33. The first-order valence-corrected chi connectivity index (χ1v) is 5.49.